The van der Waals surface area contributed by atoms with Crippen LogP contribution in [-0.4, -0.2) is 8.07 Å². The van der Waals surface area contributed by atoms with Crippen LogP contribution in [0.1, 0.15) is 38.5 Å². The smallest absolute Gasteiger partial charge is 0.0699 e. The van der Waals surface area contributed by atoms with E-state index in [0.717, 1.165) is 11.1 Å². The highest BCUT2D eigenvalue weighted by atomic mass is 28.3. The first-order chi connectivity index (χ1) is 9.14. The van der Waals surface area contributed by atoms with Crippen molar-refractivity contribution in [1.29, 1.82) is 0 Å². The summed E-state index contributed by atoms with van der Waals surface area (Å²) in [6, 6.07) is 0. The van der Waals surface area contributed by atoms with Crippen molar-refractivity contribution in [1.82, 2.24) is 0 Å². The molecule has 0 atom stereocenters. The molecule has 0 spiro atoms. The van der Waals surface area contributed by atoms with Gasteiger partial charge in [0.2, 0.25) is 0 Å². The van der Waals surface area contributed by atoms with Crippen LogP contribution in [0.2, 0.25) is 24.2 Å². The van der Waals surface area contributed by atoms with Gasteiger partial charge < -0.3 is 0 Å². The van der Waals surface area contributed by atoms with Crippen molar-refractivity contribution in [2.45, 2.75) is 62.7 Å². The van der Waals surface area contributed by atoms with Crippen molar-refractivity contribution in [3.05, 3.63) is 46.6 Å². The van der Waals surface area contributed by atoms with Gasteiger partial charge in [0.25, 0.3) is 0 Å². The van der Waals surface area contributed by atoms with Gasteiger partial charge >= 0.3 is 0 Å². The minimum atomic E-state index is -1.27. The fourth-order valence-electron chi connectivity index (χ4n) is 4.39. The van der Waals surface area contributed by atoms with Gasteiger partial charge in [-0.2, -0.15) is 0 Å². The average molecular weight is 268 g/mol. The lowest BCUT2D eigenvalue weighted by Crippen LogP contribution is -2.34. The largest absolute Gasteiger partial charge is 0.0768 e. The van der Waals surface area contributed by atoms with E-state index in [-0.39, 0.29) is 0 Å². The Kier molecular flexibility index (Phi) is 2.57. The molecule has 2 saturated carbocycles. The zero-order chi connectivity index (χ0) is 13.0. The van der Waals surface area contributed by atoms with Gasteiger partial charge in [-0.3, -0.25) is 0 Å². The fourth-order valence-corrected chi connectivity index (χ4v) is 7.35. The maximum Gasteiger partial charge on any atom is 0.0699 e. The second-order valence-electron chi connectivity index (χ2n) is 7.35. The molecule has 4 aliphatic carbocycles. The topological polar surface area (TPSA) is 0 Å². The van der Waals surface area contributed by atoms with E-state index < -0.39 is 8.07 Å². The second kappa shape index (κ2) is 4.08. The van der Waals surface area contributed by atoms with Crippen molar-refractivity contribution in [3.8, 4) is 0 Å². The van der Waals surface area contributed by atoms with Crippen LogP contribution in [0, 0.1) is 0 Å². The van der Waals surface area contributed by atoms with Crippen LogP contribution in [0.3, 0.4) is 0 Å². The van der Waals surface area contributed by atoms with Gasteiger partial charge in [0, 0.05) is 0 Å². The molecule has 0 unspecified atom stereocenters. The van der Waals surface area contributed by atoms with Crippen LogP contribution < -0.4 is 0 Å². The lowest BCUT2D eigenvalue weighted by atomic mass is 10.2. The number of fused-ring (bicyclic) bond motifs is 2. The summed E-state index contributed by atoms with van der Waals surface area (Å²) in [6.45, 7) is 5.21. The van der Waals surface area contributed by atoms with Gasteiger partial charge in [0.05, 0.1) is 8.07 Å². The molecule has 0 aromatic heterocycles. The van der Waals surface area contributed by atoms with E-state index in [1.54, 1.807) is 22.3 Å². The molecule has 0 heterocycles. The van der Waals surface area contributed by atoms with Crippen LogP contribution in [0.25, 0.3) is 0 Å². The summed E-state index contributed by atoms with van der Waals surface area (Å²) in [6.07, 6.45) is 18.7. The third kappa shape index (κ3) is 1.78. The predicted molar refractivity (Wildman–Crippen MR) is 85.0 cm³/mol. The summed E-state index contributed by atoms with van der Waals surface area (Å²) >= 11 is 0. The number of hydrogen-bond acceptors (Lipinski definition) is 0. The molecule has 2 fully saturated rings. The highest BCUT2D eigenvalue weighted by Crippen LogP contribution is 2.50. The summed E-state index contributed by atoms with van der Waals surface area (Å²) in [5.74, 6) is 0. The standard InChI is InChI=1S/C18H24Si/c1-19(2,17-9-13-5-3-6-14(13)10-17)18-11-15-7-4-8-16(15)12-18/h9-12,17-18H,3-8H2,1-2H3. The van der Waals surface area contributed by atoms with Crippen LogP contribution >= 0.6 is 0 Å². The summed E-state index contributed by atoms with van der Waals surface area (Å²) < 4.78 is 0. The second-order valence-corrected chi connectivity index (χ2v) is 12.3. The normalized spacial score (nSPS) is 27.1. The highest BCUT2D eigenvalue weighted by molar-refractivity contribution is 6.82. The van der Waals surface area contributed by atoms with Gasteiger partial charge in [-0.05, 0) is 71.9 Å². The quantitative estimate of drug-likeness (QED) is 0.577. The van der Waals surface area contributed by atoms with E-state index >= 15 is 0 Å². The van der Waals surface area contributed by atoms with E-state index in [2.05, 4.69) is 37.4 Å². The van der Waals surface area contributed by atoms with Crippen LogP contribution in [-0.2, 0) is 0 Å². The molecule has 0 radical (unpaired) electrons. The van der Waals surface area contributed by atoms with Gasteiger partial charge in [-0.15, -0.1) is 0 Å². The molecule has 0 amide bonds. The van der Waals surface area contributed by atoms with Crippen LogP contribution in [0.4, 0.5) is 0 Å². The Balaban J connectivity index is 1.62. The Labute approximate surface area is 118 Å². The van der Waals surface area contributed by atoms with E-state index in [0.29, 0.717) is 0 Å². The molecule has 0 aliphatic heterocycles. The van der Waals surface area contributed by atoms with Gasteiger partial charge in [0.1, 0.15) is 0 Å². The molecule has 0 saturated heterocycles. The van der Waals surface area contributed by atoms with E-state index in [4.69, 9.17) is 0 Å². The van der Waals surface area contributed by atoms with E-state index in [1.165, 1.54) is 38.5 Å². The molecule has 4 aliphatic rings. The summed E-state index contributed by atoms with van der Waals surface area (Å²) in [5, 5.41) is 0. The van der Waals surface area contributed by atoms with Crippen LogP contribution in [0.15, 0.2) is 46.6 Å². The first-order valence-electron chi connectivity index (χ1n) is 7.98. The third-order valence-corrected chi connectivity index (χ3v) is 9.95. The minimum Gasteiger partial charge on any atom is -0.0768 e. The van der Waals surface area contributed by atoms with Crippen molar-refractivity contribution in [2.75, 3.05) is 0 Å². The minimum absolute atomic E-state index is 0.787. The Morgan fingerprint density at radius 2 is 1.00 bits per heavy atom. The van der Waals surface area contributed by atoms with Crippen molar-refractivity contribution in [2.24, 2.45) is 0 Å². The van der Waals surface area contributed by atoms with Gasteiger partial charge in [-0.1, -0.05) is 37.4 Å². The number of rotatable bonds is 2. The summed E-state index contributed by atoms with van der Waals surface area (Å²) in [4.78, 5) is 0. The Morgan fingerprint density at radius 1 is 0.684 bits per heavy atom. The fraction of sp³-hybridized carbons (Fsp3) is 0.556. The molecule has 4 rings (SSSR count). The molecule has 0 nitrogen and oxygen atoms in total. The van der Waals surface area contributed by atoms with Crippen molar-refractivity contribution < 1.29 is 0 Å². The molecule has 0 bridgehead atoms. The maximum atomic E-state index is 2.64. The van der Waals surface area contributed by atoms with Crippen molar-refractivity contribution in [3.63, 3.8) is 0 Å². The van der Waals surface area contributed by atoms with E-state index in [1.807, 2.05) is 0 Å². The average Bonchev–Trinajstić information content (AvgIpc) is 3.07. The third-order valence-electron chi connectivity index (χ3n) is 5.85. The molecule has 100 valence electrons. The Morgan fingerprint density at radius 3 is 1.32 bits per heavy atom. The van der Waals surface area contributed by atoms with Gasteiger partial charge in [0.15, 0.2) is 0 Å². The molecule has 0 aromatic rings. The van der Waals surface area contributed by atoms with Gasteiger partial charge in [-0.25, -0.2) is 0 Å². The zero-order valence-electron chi connectivity index (χ0n) is 12.2. The molecular weight excluding hydrogens is 244 g/mol. The molecule has 1 heteroatoms. The molecule has 0 aromatic carbocycles. The molecule has 0 N–H and O–H groups in total. The van der Waals surface area contributed by atoms with E-state index in [9.17, 15) is 0 Å². The lowest BCUT2D eigenvalue weighted by molar-refractivity contribution is 0.918. The number of allylic oxidation sites excluding steroid dienone is 8. The Bertz CT molecular complexity index is 454. The first-order valence-corrected chi connectivity index (χ1v) is 11.1. The predicted octanol–water partition coefficient (Wildman–Crippen LogP) is 5.54. The summed E-state index contributed by atoms with van der Waals surface area (Å²) in [7, 11) is -1.27. The number of hydrogen-bond donors (Lipinski definition) is 0. The van der Waals surface area contributed by atoms with Crippen molar-refractivity contribution >= 4 is 8.07 Å². The Hall–Kier alpha value is -0.823. The SMILES string of the molecule is C[Si](C)(C1C=C2CCCC2=C1)C1C=C2CCCC2=C1. The lowest BCUT2D eigenvalue weighted by Gasteiger charge is -2.32. The molecule has 19 heavy (non-hydrogen) atoms. The monoisotopic (exact) mass is 268 g/mol. The summed E-state index contributed by atoms with van der Waals surface area (Å²) in [5.41, 5.74) is 8.37. The first kappa shape index (κ1) is 12.0. The van der Waals surface area contributed by atoms with Crippen LogP contribution in [0.5, 0.6) is 0 Å². The zero-order valence-corrected chi connectivity index (χ0v) is 13.2. The maximum absolute atomic E-state index is 2.64. The highest BCUT2D eigenvalue weighted by Gasteiger charge is 2.40. The molecular formula is C18H24Si.